The van der Waals surface area contributed by atoms with E-state index in [-0.39, 0.29) is 10.5 Å². The molecule has 1 aromatic heterocycles. The van der Waals surface area contributed by atoms with E-state index in [9.17, 15) is 13.2 Å². The molecule has 0 saturated carbocycles. The van der Waals surface area contributed by atoms with Gasteiger partial charge in [-0.05, 0) is 54.8 Å². The van der Waals surface area contributed by atoms with Crippen molar-refractivity contribution in [3.63, 3.8) is 0 Å². The minimum Gasteiger partial charge on any atom is -0.305 e. The molecule has 0 aliphatic carbocycles. The molecule has 3 aromatic rings. The molecular formula is C20H18N4O3S. The largest absolute Gasteiger partial charge is 0.305 e. The van der Waals surface area contributed by atoms with Gasteiger partial charge in [-0.3, -0.25) is 9.10 Å². The maximum Gasteiger partial charge on any atom is 0.264 e. The first-order valence-corrected chi connectivity index (χ1v) is 10.3. The van der Waals surface area contributed by atoms with Crippen molar-refractivity contribution in [3.05, 3.63) is 78.0 Å². The van der Waals surface area contributed by atoms with Gasteiger partial charge in [0.25, 0.3) is 15.9 Å². The lowest BCUT2D eigenvalue weighted by atomic mass is 10.0. The smallest absolute Gasteiger partial charge is 0.264 e. The van der Waals surface area contributed by atoms with Crippen LogP contribution in [0.4, 0.5) is 11.5 Å². The summed E-state index contributed by atoms with van der Waals surface area (Å²) in [5, 5.41) is 10.1. The second-order valence-corrected chi connectivity index (χ2v) is 8.26. The van der Waals surface area contributed by atoms with Crippen molar-refractivity contribution in [1.82, 2.24) is 10.2 Å². The highest BCUT2D eigenvalue weighted by atomic mass is 32.2. The van der Waals surface area contributed by atoms with Crippen molar-refractivity contribution in [1.29, 1.82) is 0 Å². The first-order valence-electron chi connectivity index (χ1n) is 8.85. The second-order valence-electron chi connectivity index (χ2n) is 6.40. The number of aryl methyl sites for hydroxylation is 1. The van der Waals surface area contributed by atoms with E-state index < -0.39 is 15.9 Å². The Labute approximate surface area is 163 Å². The Bertz CT molecular complexity index is 1120. The molecule has 1 N–H and O–H groups in total. The maximum absolute atomic E-state index is 13.3. The zero-order chi connectivity index (χ0) is 19.6. The lowest BCUT2D eigenvalue weighted by Gasteiger charge is -2.30. The van der Waals surface area contributed by atoms with Crippen LogP contribution in [0.1, 0.15) is 22.3 Å². The molecule has 0 spiro atoms. The van der Waals surface area contributed by atoms with Crippen LogP contribution in [-0.4, -0.2) is 31.1 Å². The second kappa shape index (κ2) is 7.40. The molecule has 28 heavy (non-hydrogen) atoms. The molecule has 7 nitrogen and oxygen atoms in total. The van der Waals surface area contributed by atoms with Crippen LogP contribution in [0, 0.1) is 0 Å². The van der Waals surface area contributed by atoms with Crippen LogP contribution in [0.2, 0.25) is 0 Å². The number of amides is 1. The predicted octanol–water partition coefficient (Wildman–Crippen LogP) is 2.87. The van der Waals surface area contributed by atoms with Gasteiger partial charge in [0.15, 0.2) is 5.82 Å². The summed E-state index contributed by atoms with van der Waals surface area (Å²) in [6.07, 6.45) is 3.10. The number of carbonyl (C=O) groups is 1. The molecule has 2 heterocycles. The number of hydrogen-bond donors (Lipinski definition) is 1. The zero-order valence-electron chi connectivity index (χ0n) is 14.9. The molecule has 0 fully saturated rings. The van der Waals surface area contributed by atoms with Crippen molar-refractivity contribution in [2.75, 3.05) is 16.2 Å². The Balaban J connectivity index is 1.65. The number of para-hydroxylation sites is 1. The number of nitrogens with one attached hydrogen (secondary N) is 1. The Morgan fingerprint density at radius 2 is 1.89 bits per heavy atom. The number of aromatic nitrogens is 2. The molecule has 0 atom stereocenters. The molecule has 8 heteroatoms. The van der Waals surface area contributed by atoms with E-state index in [2.05, 4.69) is 15.5 Å². The molecule has 1 aliphatic heterocycles. The van der Waals surface area contributed by atoms with Crippen LogP contribution in [0.25, 0.3) is 0 Å². The first-order chi connectivity index (χ1) is 13.6. The Morgan fingerprint density at radius 1 is 1.04 bits per heavy atom. The van der Waals surface area contributed by atoms with Gasteiger partial charge in [0.05, 0.1) is 10.6 Å². The van der Waals surface area contributed by atoms with Gasteiger partial charge in [0.1, 0.15) is 0 Å². The Hall–Kier alpha value is -3.26. The number of rotatable bonds is 4. The van der Waals surface area contributed by atoms with E-state index in [0.717, 1.165) is 18.4 Å². The van der Waals surface area contributed by atoms with Crippen LogP contribution < -0.4 is 9.62 Å². The van der Waals surface area contributed by atoms with Gasteiger partial charge in [-0.2, -0.15) is 5.10 Å². The summed E-state index contributed by atoms with van der Waals surface area (Å²) in [4.78, 5) is 12.6. The van der Waals surface area contributed by atoms with Crippen molar-refractivity contribution in [3.8, 4) is 0 Å². The van der Waals surface area contributed by atoms with Crippen molar-refractivity contribution >= 4 is 27.4 Å². The number of nitrogens with zero attached hydrogens (tertiary/aromatic N) is 3. The number of fused-ring (bicyclic) bond motifs is 1. The summed E-state index contributed by atoms with van der Waals surface area (Å²) in [6, 6.07) is 16.8. The monoisotopic (exact) mass is 394 g/mol. The molecular weight excluding hydrogens is 376 g/mol. The van der Waals surface area contributed by atoms with E-state index in [4.69, 9.17) is 0 Å². The standard InChI is InChI=1S/C20H18N4O3S/c25-20(22-19-11-4-12-21-23-19)16-7-3-9-17(14-16)28(26,27)24-13-5-8-15-6-1-2-10-18(15)24/h1-4,6-7,9-12,14H,5,8,13H2,(H,22,23,25). The van der Waals surface area contributed by atoms with Crippen LogP contribution in [0.5, 0.6) is 0 Å². The predicted molar refractivity (Wildman–Crippen MR) is 106 cm³/mol. The van der Waals surface area contributed by atoms with E-state index in [0.29, 0.717) is 18.1 Å². The van der Waals surface area contributed by atoms with Crippen LogP contribution in [0.15, 0.2) is 71.8 Å². The molecule has 1 amide bonds. The third-order valence-corrected chi connectivity index (χ3v) is 6.37. The first kappa shape index (κ1) is 18.1. The normalized spacial score (nSPS) is 13.6. The molecule has 0 unspecified atom stereocenters. The maximum atomic E-state index is 13.3. The molecule has 0 saturated heterocycles. The van der Waals surface area contributed by atoms with Crippen molar-refractivity contribution in [2.24, 2.45) is 0 Å². The fraction of sp³-hybridized carbons (Fsp3) is 0.150. The van der Waals surface area contributed by atoms with Gasteiger partial charge in [0.2, 0.25) is 0 Å². The number of anilines is 2. The quantitative estimate of drug-likeness (QED) is 0.735. The third-order valence-electron chi connectivity index (χ3n) is 4.57. The van der Waals surface area contributed by atoms with E-state index >= 15 is 0 Å². The van der Waals surface area contributed by atoms with Gasteiger partial charge in [-0.25, -0.2) is 8.42 Å². The number of benzene rings is 2. The summed E-state index contributed by atoms with van der Waals surface area (Å²) in [6.45, 7) is 0.412. The number of carbonyl (C=O) groups excluding carboxylic acids is 1. The average molecular weight is 394 g/mol. The fourth-order valence-corrected chi connectivity index (χ4v) is 4.82. The summed E-state index contributed by atoms with van der Waals surface area (Å²) >= 11 is 0. The SMILES string of the molecule is O=C(Nc1cccnn1)c1cccc(S(=O)(=O)N2CCCc3ccccc32)c1. The lowest BCUT2D eigenvalue weighted by Crippen LogP contribution is -2.35. The minimum absolute atomic E-state index is 0.0796. The fourth-order valence-electron chi connectivity index (χ4n) is 3.23. The summed E-state index contributed by atoms with van der Waals surface area (Å²) < 4.78 is 27.9. The topological polar surface area (TPSA) is 92.3 Å². The van der Waals surface area contributed by atoms with E-state index in [1.165, 1.54) is 22.6 Å². The van der Waals surface area contributed by atoms with E-state index in [1.54, 1.807) is 24.3 Å². The van der Waals surface area contributed by atoms with Crippen LogP contribution >= 0.6 is 0 Å². The van der Waals surface area contributed by atoms with Gasteiger partial charge >= 0.3 is 0 Å². The highest BCUT2D eigenvalue weighted by molar-refractivity contribution is 7.92. The molecule has 0 bridgehead atoms. The summed E-state index contributed by atoms with van der Waals surface area (Å²) in [5.74, 6) is -0.151. The molecule has 142 valence electrons. The molecule has 0 radical (unpaired) electrons. The van der Waals surface area contributed by atoms with Gasteiger partial charge < -0.3 is 5.32 Å². The number of sulfonamides is 1. The van der Waals surface area contributed by atoms with Crippen molar-refractivity contribution in [2.45, 2.75) is 17.7 Å². The van der Waals surface area contributed by atoms with Gasteiger partial charge in [-0.15, -0.1) is 5.10 Å². The molecule has 4 rings (SSSR count). The van der Waals surface area contributed by atoms with Gasteiger partial charge in [0, 0.05) is 18.3 Å². The average Bonchev–Trinajstić information content (AvgIpc) is 2.74. The van der Waals surface area contributed by atoms with Gasteiger partial charge in [-0.1, -0.05) is 24.3 Å². The highest BCUT2D eigenvalue weighted by Crippen LogP contribution is 2.31. The highest BCUT2D eigenvalue weighted by Gasteiger charge is 2.29. The molecule has 2 aromatic carbocycles. The van der Waals surface area contributed by atoms with Crippen molar-refractivity contribution < 1.29 is 13.2 Å². The Kier molecular flexibility index (Phi) is 4.79. The molecule has 1 aliphatic rings. The van der Waals surface area contributed by atoms with Crippen LogP contribution in [-0.2, 0) is 16.4 Å². The summed E-state index contributed by atoms with van der Waals surface area (Å²) in [7, 11) is -3.78. The number of hydrogen-bond acceptors (Lipinski definition) is 5. The van der Waals surface area contributed by atoms with E-state index in [1.807, 2.05) is 24.3 Å². The lowest BCUT2D eigenvalue weighted by molar-refractivity contribution is 0.102. The zero-order valence-corrected chi connectivity index (χ0v) is 15.8. The third kappa shape index (κ3) is 3.46. The minimum atomic E-state index is -3.78. The Morgan fingerprint density at radius 3 is 2.71 bits per heavy atom. The van der Waals surface area contributed by atoms with Crippen LogP contribution in [0.3, 0.4) is 0 Å². The summed E-state index contributed by atoms with van der Waals surface area (Å²) in [5.41, 5.74) is 1.94.